The van der Waals surface area contributed by atoms with Crippen LogP contribution in [0, 0.1) is 0 Å². The first-order chi connectivity index (χ1) is 11.0. The molecular weight excluding hydrogens is 318 g/mol. The summed E-state index contributed by atoms with van der Waals surface area (Å²) in [5.74, 6) is 0.705. The lowest BCUT2D eigenvalue weighted by Gasteiger charge is -2.32. The van der Waals surface area contributed by atoms with Crippen LogP contribution < -0.4 is 5.48 Å². The lowest BCUT2D eigenvalue weighted by Crippen LogP contribution is -2.49. The second-order valence-electron chi connectivity index (χ2n) is 5.51. The third-order valence-electron chi connectivity index (χ3n) is 3.76. The highest BCUT2D eigenvalue weighted by atomic mass is 32.2. The molecule has 0 radical (unpaired) electrons. The van der Waals surface area contributed by atoms with E-state index in [1.807, 2.05) is 37.4 Å². The van der Waals surface area contributed by atoms with E-state index in [4.69, 9.17) is 9.12 Å². The average Bonchev–Trinajstić information content (AvgIpc) is 2.80. The first-order valence-electron chi connectivity index (χ1n) is 7.37. The minimum absolute atomic E-state index is 0.0514. The van der Waals surface area contributed by atoms with E-state index in [-0.39, 0.29) is 10.4 Å². The zero-order valence-corrected chi connectivity index (χ0v) is 13.7. The third-order valence-corrected chi connectivity index (χ3v) is 5.05. The first-order valence-corrected chi connectivity index (χ1v) is 8.94. The highest BCUT2D eigenvalue weighted by Gasteiger charge is 2.47. The summed E-state index contributed by atoms with van der Waals surface area (Å²) in [6.45, 7) is 0.965. The Bertz CT molecular complexity index is 717. The van der Waals surface area contributed by atoms with Crippen molar-refractivity contribution in [3.63, 3.8) is 0 Å². The zero-order chi connectivity index (χ0) is 16.3. The summed E-state index contributed by atoms with van der Waals surface area (Å²) in [5, 5.41) is 0. The maximum Gasteiger partial charge on any atom is 0.315 e. The van der Waals surface area contributed by atoms with Gasteiger partial charge < -0.3 is 0 Å². The SMILES string of the molecule is CN1C=C[N+]2(CCCS(=O)(=O)O2)/C1=C/NOCc1ccccc1. The van der Waals surface area contributed by atoms with Crippen molar-refractivity contribution in [2.45, 2.75) is 13.0 Å². The van der Waals surface area contributed by atoms with Gasteiger partial charge in [0, 0.05) is 13.5 Å². The average molecular weight is 338 g/mol. The predicted molar refractivity (Wildman–Crippen MR) is 84.0 cm³/mol. The molecule has 7 nitrogen and oxygen atoms in total. The summed E-state index contributed by atoms with van der Waals surface area (Å²) in [5.41, 5.74) is 3.81. The number of benzene rings is 1. The fourth-order valence-electron chi connectivity index (χ4n) is 2.64. The van der Waals surface area contributed by atoms with Crippen LogP contribution in [0.2, 0.25) is 0 Å². The topological polar surface area (TPSA) is 67.9 Å². The number of hydrogen-bond donors (Lipinski definition) is 1. The Morgan fingerprint density at radius 2 is 2.17 bits per heavy atom. The number of nitrogens with zero attached hydrogens (tertiary/aromatic N) is 2. The Morgan fingerprint density at radius 1 is 1.39 bits per heavy atom. The van der Waals surface area contributed by atoms with Crippen molar-refractivity contribution >= 4 is 10.1 Å². The molecule has 2 aliphatic heterocycles. The quantitative estimate of drug-likeness (QED) is 0.509. The largest absolute Gasteiger partial charge is 0.315 e. The summed E-state index contributed by atoms with van der Waals surface area (Å²) >= 11 is 0. The molecular formula is C15H20N3O4S+. The van der Waals surface area contributed by atoms with Crippen LogP contribution in [0.15, 0.2) is 54.8 Å². The molecule has 23 heavy (non-hydrogen) atoms. The van der Waals surface area contributed by atoms with E-state index in [0.29, 0.717) is 25.4 Å². The van der Waals surface area contributed by atoms with E-state index in [9.17, 15) is 8.42 Å². The second-order valence-corrected chi connectivity index (χ2v) is 7.19. The molecule has 1 spiro atoms. The molecule has 1 unspecified atom stereocenters. The van der Waals surface area contributed by atoms with E-state index in [1.54, 1.807) is 23.5 Å². The molecule has 1 aromatic carbocycles. The highest BCUT2D eigenvalue weighted by Crippen LogP contribution is 2.33. The summed E-state index contributed by atoms with van der Waals surface area (Å²) < 4.78 is 28.8. The number of hydrogen-bond acceptors (Lipinski definition) is 6. The van der Waals surface area contributed by atoms with E-state index in [1.165, 1.54) is 0 Å². The molecule has 8 heteroatoms. The molecule has 1 saturated heterocycles. The van der Waals surface area contributed by atoms with Crippen LogP contribution >= 0.6 is 0 Å². The smallest absolute Gasteiger partial charge is 0.298 e. The Labute approximate surface area is 136 Å². The molecule has 3 rings (SSSR count). The molecule has 0 aliphatic carbocycles. The van der Waals surface area contributed by atoms with E-state index in [2.05, 4.69) is 5.48 Å². The number of hydroxylamine groups is 4. The molecule has 124 valence electrons. The van der Waals surface area contributed by atoms with Crippen LogP contribution in [0.4, 0.5) is 0 Å². The number of nitrogens with one attached hydrogen (secondary N) is 1. The van der Waals surface area contributed by atoms with E-state index < -0.39 is 10.1 Å². The Hall–Kier alpha value is -1.87. The Kier molecular flexibility index (Phi) is 4.40. The van der Waals surface area contributed by atoms with Gasteiger partial charge in [-0.15, -0.1) is 0 Å². The molecule has 1 atom stereocenters. The predicted octanol–water partition coefficient (Wildman–Crippen LogP) is 1.41. The molecule has 1 fully saturated rings. The summed E-state index contributed by atoms with van der Waals surface area (Å²) in [4.78, 5) is 7.23. The van der Waals surface area contributed by atoms with Gasteiger partial charge in [-0.25, -0.2) is 0 Å². The van der Waals surface area contributed by atoms with Crippen molar-refractivity contribution in [3.05, 3.63) is 60.3 Å². The fourth-order valence-corrected chi connectivity index (χ4v) is 3.80. The minimum atomic E-state index is -3.52. The molecule has 0 amide bonds. The van der Waals surface area contributed by atoms with Crippen molar-refractivity contribution in [2.24, 2.45) is 0 Å². The van der Waals surface area contributed by atoms with Crippen molar-refractivity contribution < 1.29 is 22.2 Å². The van der Waals surface area contributed by atoms with E-state index in [0.717, 1.165) is 5.56 Å². The van der Waals surface area contributed by atoms with Crippen LogP contribution in [0.25, 0.3) is 0 Å². The van der Waals surface area contributed by atoms with Crippen molar-refractivity contribution in [2.75, 3.05) is 19.3 Å². The van der Waals surface area contributed by atoms with Crippen molar-refractivity contribution in [1.29, 1.82) is 0 Å². The lowest BCUT2D eigenvalue weighted by atomic mass is 10.2. The molecule has 0 aromatic heterocycles. The Morgan fingerprint density at radius 3 is 2.91 bits per heavy atom. The molecule has 0 bridgehead atoms. The Balaban J connectivity index is 1.67. The van der Waals surface area contributed by atoms with Gasteiger partial charge in [0.05, 0.1) is 18.6 Å². The molecule has 1 N–H and O–H groups in total. The third kappa shape index (κ3) is 3.56. The van der Waals surface area contributed by atoms with Gasteiger partial charge in [-0.05, 0) is 5.56 Å². The van der Waals surface area contributed by atoms with Crippen molar-refractivity contribution in [3.8, 4) is 0 Å². The van der Waals surface area contributed by atoms with Gasteiger partial charge in [0.25, 0.3) is 5.82 Å². The molecule has 0 saturated carbocycles. The maximum atomic E-state index is 11.8. The van der Waals surface area contributed by atoms with E-state index >= 15 is 0 Å². The van der Waals surface area contributed by atoms with Crippen LogP contribution in [0.5, 0.6) is 0 Å². The number of quaternary nitrogens is 1. The van der Waals surface area contributed by atoms with Crippen LogP contribution in [-0.4, -0.2) is 37.3 Å². The van der Waals surface area contributed by atoms with Crippen molar-refractivity contribution in [1.82, 2.24) is 10.4 Å². The molecule has 1 aromatic rings. The number of rotatable bonds is 4. The second kappa shape index (κ2) is 6.32. The van der Waals surface area contributed by atoms with Crippen LogP contribution in [-0.2, 0) is 25.8 Å². The maximum absolute atomic E-state index is 11.8. The summed E-state index contributed by atoms with van der Waals surface area (Å²) in [6, 6.07) is 9.76. The highest BCUT2D eigenvalue weighted by molar-refractivity contribution is 7.86. The van der Waals surface area contributed by atoms with Crippen LogP contribution in [0.1, 0.15) is 12.0 Å². The van der Waals surface area contributed by atoms with Gasteiger partial charge in [0.1, 0.15) is 12.7 Å². The lowest BCUT2D eigenvalue weighted by molar-refractivity contribution is -1.01. The monoisotopic (exact) mass is 338 g/mol. The van der Waals surface area contributed by atoms with Gasteiger partial charge in [-0.3, -0.25) is 15.2 Å². The van der Waals surface area contributed by atoms with Crippen LogP contribution in [0.3, 0.4) is 0 Å². The molecule has 2 heterocycles. The minimum Gasteiger partial charge on any atom is -0.298 e. The van der Waals surface area contributed by atoms with Gasteiger partial charge in [-0.1, -0.05) is 39.3 Å². The van der Waals surface area contributed by atoms with Gasteiger partial charge in [0.15, 0.2) is 6.20 Å². The fraction of sp³-hybridized carbons (Fsp3) is 0.333. The van der Waals surface area contributed by atoms with Gasteiger partial charge in [-0.2, -0.15) is 8.42 Å². The summed E-state index contributed by atoms with van der Waals surface area (Å²) in [7, 11) is -1.69. The zero-order valence-electron chi connectivity index (χ0n) is 12.9. The standard InChI is InChI=1S/C15H20N3O4S/c1-17-8-10-18(9-5-11-23(19,20)22-18)15(17)12-16-21-13-14-6-3-2-4-7-14/h2-4,6-8,10,12,16H,5,9,11,13H2,1H3/q+1/b15-12+. The van der Waals surface area contributed by atoms with Gasteiger partial charge >= 0.3 is 10.1 Å². The van der Waals surface area contributed by atoms with Gasteiger partial charge in [0.2, 0.25) is 0 Å². The first kappa shape index (κ1) is 16.0. The molecule has 2 aliphatic rings. The summed E-state index contributed by atoms with van der Waals surface area (Å²) in [6.07, 6.45) is 5.68. The normalized spacial score (nSPS) is 27.7.